The fourth-order valence-electron chi connectivity index (χ4n) is 2.29. The molecule has 144 valence electrons. The summed E-state index contributed by atoms with van der Waals surface area (Å²) in [5.41, 5.74) is 1.48. The van der Waals surface area contributed by atoms with Crippen LogP contribution in [0.4, 0.5) is 11.4 Å². The Bertz CT molecular complexity index is 1040. The van der Waals surface area contributed by atoms with Gasteiger partial charge in [-0.15, -0.1) is 5.10 Å². The van der Waals surface area contributed by atoms with Crippen LogP contribution in [0.15, 0.2) is 52.9 Å². The quantitative estimate of drug-likeness (QED) is 0.366. The van der Waals surface area contributed by atoms with Gasteiger partial charge in [0.25, 0.3) is 16.4 Å². The van der Waals surface area contributed by atoms with Gasteiger partial charge in [0.05, 0.1) is 4.92 Å². The van der Waals surface area contributed by atoms with E-state index in [4.69, 9.17) is 21.4 Å². The van der Waals surface area contributed by atoms with Crippen LogP contribution >= 0.6 is 12.2 Å². The van der Waals surface area contributed by atoms with Gasteiger partial charge in [-0.2, -0.15) is 0 Å². The van der Waals surface area contributed by atoms with E-state index in [9.17, 15) is 14.9 Å². The molecule has 0 fully saturated rings. The lowest BCUT2D eigenvalue weighted by molar-refractivity contribution is -0.384. The van der Waals surface area contributed by atoms with Crippen LogP contribution in [0.5, 0.6) is 5.75 Å². The zero-order valence-corrected chi connectivity index (χ0v) is 15.6. The molecule has 3 rings (SSSR count). The summed E-state index contributed by atoms with van der Waals surface area (Å²) in [6, 6.07) is 13.0. The Morgan fingerprint density at radius 3 is 2.57 bits per heavy atom. The number of nitro benzene ring substituents is 1. The number of non-ortho nitro benzene ring substituents is 1. The van der Waals surface area contributed by atoms with Gasteiger partial charge in [-0.05, 0) is 43.4 Å². The fraction of sp³-hybridized carbons (Fsp3) is 0.167. The maximum atomic E-state index is 12.1. The van der Waals surface area contributed by atoms with Gasteiger partial charge in [-0.3, -0.25) is 14.9 Å². The highest BCUT2D eigenvalue weighted by atomic mass is 32.1. The number of benzene rings is 2. The predicted octanol–water partition coefficient (Wildman–Crippen LogP) is 3.64. The lowest BCUT2D eigenvalue weighted by Gasteiger charge is -2.04. The molecule has 0 unspecified atom stereocenters. The number of carbonyl (C=O) groups is 1. The molecule has 1 heterocycles. The van der Waals surface area contributed by atoms with E-state index in [1.807, 2.05) is 31.2 Å². The number of amides is 1. The van der Waals surface area contributed by atoms with Gasteiger partial charge in [0.2, 0.25) is 5.91 Å². The van der Waals surface area contributed by atoms with Crippen LogP contribution in [-0.4, -0.2) is 20.6 Å². The number of rotatable bonds is 7. The van der Waals surface area contributed by atoms with Crippen LogP contribution in [0, 0.1) is 21.9 Å². The number of hydrogen-bond acceptors (Lipinski definition) is 7. The minimum absolute atomic E-state index is 0.0429. The van der Waals surface area contributed by atoms with Crippen LogP contribution in [0.2, 0.25) is 0 Å². The lowest BCUT2D eigenvalue weighted by atomic mass is 10.2. The summed E-state index contributed by atoms with van der Waals surface area (Å²) in [5, 5.41) is 17.4. The molecule has 0 saturated carbocycles. The summed E-state index contributed by atoms with van der Waals surface area (Å²) in [7, 11) is 0. The Kier molecular flexibility index (Phi) is 5.80. The number of nitrogens with zero attached hydrogens (tertiary/aromatic N) is 3. The first-order valence-electron chi connectivity index (χ1n) is 8.21. The van der Waals surface area contributed by atoms with Crippen molar-refractivity contribution in [1.82, 2.24) is 9.78 Å². The van der Waals surface area contributed by atoms with E-state index in [-0.39, 0.29) is 29.6 Å². The molecule has 0 atom stereocenters. The Morgan fingerprint density at radius 1 is 1.25 bits per heavy atom. The molecule has 1 amide bonds. The molecule has 0 aliphatic heterocycles. The van der Waals surface area contributed by atoms with Crippen molar-refractivity contribution in [2.75, 3.05) is 5.32 Å². The second kappa shape index (κ2) is 8.44. The third-order valence-corrected chi connectivity index (χ3v) is 3.98. The van der Waals surface area contributed by atoms with Gasteiger partial charge >= 0.3 is 0 Å². The van der Waals surface area contributed by atoms with E-state index >= 15 is 0 Å². The normalized spacial score (nSPS) is 10.5. The van der Waals surface area contributed by atoms with Crippen molar-refractivity contribution < 1.29 is 18.9 Å². The maximum absolute atomic E-state index is 12.1. The van der Waals surface area contributed by atoms with Crippen molar-refractivity contribution in [2.24, 2.45) is 0 Å². The molecule has 28 heavy (non-hydrogen) atoms. The SMILES string of the molecule is Cc1ccc(OCc2nn(CC(=O)Nc3ccc([N+](=O)[O-])cc3)c(=S)o2)cc1. The first-order chi connectivity index (χ1) is 13.4. The Balaban J connectivity index is 1.58. The van der Waals surface area contributed by atoms with Gasteiger partial charge in [0.1, 0.15) is 12.3 Å². The monoisotopic (exact) mass is 400 g/mol. The van der Waals surface area contributed by atoms with Gasteiger partial charge in [-0.1, -0.05) is 17.7 Å². The van der Waals surface area contributed by atoms with Crippen molar-refractivity contribution in [2.45, 2.75) is 20.1 Å². The first-order valence-corrected chi connectivity index (χ1v) is 8.62. The van der Waals surface area contributed by atoms with Crippen molar-refractivity contribution in [3.63, 3.8) is 0 Å². The van der Waals surface area contributed by atoms with Crippen molar-refractivity contribution >= 4 is 29.5 Å². The molecule has 1 aromatic heterocycles. The third kappa shape index (κ3) is 5.01. The van der Waals surface area contributed by atoms with E-state index in [1.165, 1.54) is 28.9 Å². The third-order valence-electron chi connectivity index (χ3n) is 3.69. The Hall–Kier alpha value is -3.53. The van der Waals surface area contributed by atoms with Crippen LogP contribution in [0.25, 0.3) is 0 Å². The molecule has 1 N–H and O–H groups in total. The summed E-state index contributed by atoms with van der Waals surface area (Å²) in [6.07, 6.45) is 0. The van der Waals surface area contributed by atoms with Crippen molar-refractivity contribution in [1.29, 1.82) is 0 Å². The minimum Gasteiger partial charge on any atom is -0.484 e. The van der Waals surface area contributed by atoms with E-state index in [0.29, 0.717) is 11.4 Å². The molecule has 0 saturated heterocycles. The molecular formula is C18H16N4O5S. The van der Waals surface area contributed by atoms with Crippen LogP contribution in [-0.2, 0) is 17.9 Å². The average Bonchev–Trinajstić information content (AvgIpc) is 3.01. The second-order valence-corrected chi connectivity index (χ2v) is 6.22. The molecule has 0 bridgehead atoms. The number of aryl methyl sites for hydroxylation is 1. The number of ether oxygens (including phenoxy) is 1. The number of aromatic nitrogens is 2. The van der Waals surface area contributed by atoms with Crippen LogP contribution < -0.4 is 10.1 Å². The second-order valence-electron chi connectivity index (χ2n) is 5.87. The summed E-state index contributed by atoms with van der Waals surface area (Å²) >= 11 is 5.07. The Morgan fingerprint density at radius 2 is 1.93 bits per heavy atom. The highest BCUT2D eigenvalue weighted by Gasteiger charge is 2.11. The fourth-order valence-corrected chi connectivity index (χ4v) is 2.49. The topological polar surface area (TPSA) is 112 Å². The van der Waals surface area contributed by atoms with E-state index < -0.39 is 10.8 Å². The summed E-state index contributed by atoms with van der Waals surface area (Å²) in [4.78, 5) is 22.3. The van der Waals surface area contributed by atoms with Gasteiger partial charge in [0, 0.05) is 17.8 Å². The van der Waals surface area contributed by atoms with Crippen LogP contribution in [0.1, 0.15) is 11.5 Å². The van der Waals surface area contributed by atoms with E-state index in [2.05, 4.69) is 10.4 Å². The Labute approximate surface area is 164 Å². The molecule has 10 heteroatoms. The lowest BCUT2D eigenvalue weighted by Crippen LogP contribution is -2.19. The molecule has 3 aromatic rings. The number of nitrogens with one attached hydrogen (secondary N) is 1. The largest absolute Gasteiger partial charge is 0.484 e. The molecular weight excluding hydrogens is 384 g/mol. The zero-order valence-electron chi connectivity index (χ0n) is 14.8. The predicted molar refractivity (Wildman–Crippen MR) is 103 cm³/mol. The molecule has 0 spiro atoms. The summed E-state index contributed by atoms with van der Waals surface area (Å²) < 4.78 is 12.2. The highest BCUT2D eigenvalue weighted by molar-refractivity contribution is 7.71. The first kappa shape index (κ1) is 19.2. The molecule has 0 radical (unpaired) electrons. The number of hydrogen-bond donors (Lipinski definition) is 1. The maximum Gasteiger partial charge on any atom is 0.287 e. The standard InChI is InChI=1S/C18H16N4O5S/c1-12-2-8-15(9-3-12)26-11-17-20-21(18(28)27-17)10-16(23)19-13-4-6-14(7-5-13)22(24)25/h2-9H,10-11H2,1H3,(H,19,23). The minimum atomic E-state index is -0.513. The van der Waals surface area contributed by atoms with Gasteiger partial charge in [0.15, 0.2) is 6.61 Å². The van der Waals surface area contributed by atoms with Crippen molar-refractivity contribution in [3.8, 4) is 5.75 Å². The summed E-state index contributed by atoms with van der Waals surface area (Å²) in [6.45, 7) is 1.89. The van der Waals surface area contributed by atoms with Gasteiger partial charge < -0.3 is 14.5 Å². The molecule has 0 aliphatic rings. The van der Waals surface area contributed by atoms with E-state index in [0.717, 1.165) is 5.56 Å². The molecule has 0 aliphatic carbocycles. The summed E-state index contributed by atoms with van der Waals surface area (Å²) in [5.74, 6) is 0.509. The molecule has 9 nitrogen and oxygen atoms in total. The average molecular weight is 400 g/mol. The number of anilines is 1. The van der Waals surface area contributed by atoms with Crippen molar-refractivity contribution in [3.05, 3.63) is 74.9 Å². The molecule has 2 aromatic carbocycles. The number of carbonyl (C=O) groups excluding carboxylic acids is 1. The highest BCUT2D eigenvalue weighted by Crippen LogP contribution is 2.16. The smallest absolute Gasteiger partial charge is 0.287 e. The van der Waals surface area contributed by atoms with Gasteiger partial charge in [-0.25, -0.2) is 4.68 Å². The van der Waals surface area contributed by atoms with E-state index in [1.54, 1.807) is 0 Å². The number of nitro groups is 1. The zero-order chi connectivity index (χ0) is 20.1. The van der Waals surface area contributed by atoms with Crippen LogP contribution in [0.3, 0.4) is 0 Å².